The third-order valence-corrected chi connectivity index (χ3v) is 3.18. The number of sulfonamides is 1. The maximum absolute atomic E-state index is 11.0. The molecule has 0 aliphatic rings. The Hall–Kier alpha value is -1.41. The van der Waals surface area contributed by atoms with Crippen LogP contribution in [0.15, 0.2) is 6.07 Å². The number of aromatic nitrogens is 2. The van der Waals surface area contributed by atoms with Gasteiger partial charge in [0, 0.05) is 31.6 Å². The van der Waals surface area contributed by atoms with Crippen LogP contribution in [-0.2, 0) is 15.4 Å². The van der Waals surface area contributed by atoms with Gasteiger partial charge in [-0.2, -0.15) is 0 Å². The largest absolute Gasteiger partial charge is 0.373 e. The van der Waals surface area contributed by atoms with Gasteiger partial charge in [-0.05, 0) is 0 Å². The molecule has 0 spiro atoms. The standard InChI is InChI=1S/C12H23N5O2S/c1-12(2,3)11-16-9(13-4)8-10(17-11)14-6-7-15-20(5,18)19/h8,15H,6-7H2,1-5H3,(H2,13,14,16,17). The molecule has 0 saturated heterocycles. The zero-order chi connectivity index (χ0) is 15.4. The molecule has 1 aromatic heterocycles. The van der Waals surface area contributed by atoms with Crippen molar-refractivity contribution in [3.63, 3.8) is 0 Å². The number of anilines is 2. The van der Waals surface area contributed by atoms with Crippen molar-refractivity contribution in [2.45, 2.75) is 26.2 Å². The summed E-state index contributed by atoms with van der Waals surface area (Å²) in [5, 5.41) is 6.08. The SMILES string of the molecule is CNc1cc(NCCNS(C)(=O)=O)nc(C(C)(C)C)n1. The Kier molecular flexibility index (Phi) is 5.29. The van der Waals surface area contributed by atoms with Gasteiger partial charge in [-0.1, -0.05) is 20.8 Å². The van der Waals surface area contributed by atoms with E-state index in [-0.39, 0.29) is 5.41 Å². The van der Waals surface area contributed by atoms with E-state index in [9.17, 15) is 8.42 Å². The average Bonchev–Trinajstić information content (AvgIpc) is 2.32. The van der Waals surface area contributed by atoms with Gasteiger partial charge in [-0.3, -0.25) is 0 Å². The minimum absolute atomic E-state index is 0.158. The maximum Gasteiger partial charge on any atom is 0.208 e. The fraction of sp³-hybridized carbons (Fsp3) is 0.667. The number of nitrogens with zero attached hydrogens (tertiary/aromatic N) is 2. The van der Waals surface area contributed by atoms with Gasteiger partial charge in [0.05, 0.1) is 6.26 Å². The number of hydrogen-bond donors (Lipinski definition) is 3. The van der Waals surface area contributed by atoms with E-state index in [0.717, 1.165) is 17.9 Å². The molecule has 114 valence electrons. The van der Waals surface area contributed by atoms with Crippen LogP contribution in [-0.4, -0.2) is 44.8 Å². The molecule has 0 aliphatic heterocycles. The van der Waals surface area contributed by atoms with Crippen molar-refractivity contribution in [1.82, 2.24) is 14.7 Å². The summed E-state index contributed by atoms with van der Waals surface area (Å²) in [6.07, 6.45) is 1.13. The summed E-state index contributed by atoms with van der Waals surface area (Å²) in [5.41, 5.74) is -0.158. The molecular weight excluding hydrogens is 278 g/mol. The second kappa shape index (κ2) is 6.36. The highest BCUT2D eigenvalue weighted by molar-refractivity contribution is 7.88. The normalized spacial score (nSPS) is 12.2. The van der Waals surface area contributed by atoms with Crippen LogP contribution in [0, 0.1) is 0 Å². The van der Waals surface area contributed by atoms with Crippen molar-refractivity contribution in [1.29, 1.82) is 0 Å². The topological polar surface area (TPSA) is 96.0 Å². The zero-order valence-electron chi connectivity index (χ0n) is 12.6. The van der Waals surface area contributed by atoms with Gasteiger partial charge < -0.3 is 10.6 Å². The van der Waals surface area contributed by atoms with Crippen LogP contribution in [0.25, 0.3) is 0 Å². The third kappa shape index (κ3) is 5.70. The summed E-state index contributed by atoms with van der Waals surface area (Å²) in [5.74, 6) is 2.12. The number of nitrogens with one attached hydrogen (secondary N) is 3. The van der Waals surface area contributed by atoms with E-state index in [1.165, 1.54) is 0 Å². The van der Waals surface area contributed by atoms with Crippen molar-refractivity contribution in [2.75, 3.05) is 37.0 Å². The Morgan fingerprint density at radius 2 is 1.75 bits per heavy atom. The first-order chi connectivity index (χ1) is 9.12. The molecule has 0 radical (unpaired) electrons. The number of rotatable bonds is 6. The van der Waals surface area contributed by atoms with E-state index in [2.05, 4.69) is 25.3 Å². The van der Waals surface area contributed by atoms with E-state index in [0.29, 0.717) is 18.9 Å². The lowest BCUT2D eigenvalue weighted by Gasteiger charge is -2.18. The average molecular weight is 301 g/mol. The lowest BCUT2D eigenvalue weighted by Crippen LogP contribution is -2.28. The molecule has 0 aromatic carbocycles. The molecule has 0 atom stereocenters. The zero-order valence-corrected chi connectivity index (χ0v) is 13.4. The smallest absolute Gasteiger partial charge is 0.208 e. The van der Waals surface area contributed by atoms with Gasteiger partial charge in [0.2, 0.25) is 10.0 Å². The van der Waals surface area contributed by atoms with Gasteiger partial charge >= 0.3 is 0 Å². The van der Waals surface area contributed by atoms with E-state index < -0.39 is 10.0 Å². The summed E-state index contributed by atoms with van der Waals surface area (Å²) >= 11 is 0. The molecule has 7 nitrogen and oxygen atoms in total. The first-order valence-electron chi connectivity index (χ1n) is 6.37. The molecule has 0 aliphatic carbocycles. The van der Waals surface area contributed by atoms with Crippen molar-refractivity contribution < 1.29 is 8.42 Å². The molecule has 0 bridgehead atoms. The molecule has 0 amide bonds. The molecule has 0 fully saturated rings. The minimum atomic E-state index is -3.16. The Bertz CT molecular complexity index is 551. The van der Waals surface area contributed by atoms with Crippen LogP contribution in [0.2, 0.25) is 0 Å². The molecule has 1 rings (SSSR count). The van der Waals surface area contributed by atoms with E-state index >= 15 is 0 Å². The van der Waals surface area contributed by atoms with Crippen LogP contribution in [0.5, 0.6) is 0 Å². The first-order valence-corrected chi connectivity index (χ1v) is 8.27. The van der Waals surface area contributed by atoms with Crippen LogP contribution >= 0.6 is 0 Å². The van der Waals surface area contributed by atoms with Gasteiger partial charge in [0.25, 0.3) is 0 Å². The molecule has 3 N–H and O–H groups in total. The highest BCUT2D eigenvalue weighted by atomic mass is 32.2. The fourth-order valence-electron chi connectivity index (χ4n) is 1.43. The summed E-state index contributed by atoms with van der Waals surface area (Å²) in [6, 6.07) is 1.79. The summed E-state index contributed by atoms with van der Waals surface area (Å²) in [4.78, 5) is 8.86. The van der Waals surface area contributed by atoms with E-state index in [4.69, 9.17) is 0 Å². The second-order valence-corrected chi connectivity index (χ2v) is 7.39. The molecule has 1 heterocycles. The monoisotopic (exact) mass is 301 g/mol. The molecular formula is C12H23N5O2S. The van der Waals surface area contributed by atoms with Crippen LogP contribution < -0.4 is 15.4 Å². The first kappa shape index (κ1) is 16.6. The number of hydrogen-bond acceptors (Lipinski definition) is 6. The van der Waals surface area contributed by atoms with Crippen molar-refractivity contribution in [3.8, 4) is 0 Å². The van der Waals surface area contributed by atoms with Crippen molar-refractivity contribution >= 4 is 21.7 Å². The molecule has 0 saturated carbocycles. The second-order valence-electron chi connectivity index (χ2n) is 5.56. The van der Waals surface area contributed by atoms with Gasteiger partial charge in [-0.15, -0.1) is 0 Å². The van der Waals surface area contributed by atoms with E-state index in [1.54, 1.807) is 13.1 Å². The minimum Gasteiger partial charge on any atom is -0.373 e. The fourth-order valence-corrected chi connectivity index (χ4v) is 1.90. The highest BCUT2D eigenvalue weighted by Crippen LogP contribution is 2.21. The Labute approximate surface area is 120 Å². The molecule has 8 heteroatoms. The highest BCUT2D eigenvalue weighted by Gasteiger charge is 2.18. The lowest BCUT2D eigenvalue weighted by atomic mass is 9.96. The summed E-state index contributed by atoms with van der Waals surface area (Å²) < 4.78 is 24.3. The Morgan fingerprint density at radius 1 is 1.15 bits per heavy atom. The van der Waals surface area contributed by atoms with E-state index in [1.807, 2.05) is 20.8 Å². The van der Waals surface area contributed by atoms with Gasteiger partial charge in [0.1, 0.15) is 17.5 Å². The van der Waals surface area contributed by atoms with Crippen LogP contribution in [0.3, 0.4) is 0 Å². The summed E-state index contributed by atoms with van der Waals surface area (Å²) in [7, 11) is -1.36. The predicted octanol–water partition coefficient (Wildman–Crippen LogP) is 0.777. The third-order valence-electron chi connectivity index (χ3n) is 2.45. The van der Waals surface area contributed by atoms with Crippen molar-refractivity contribution in [2.24, 2.45) is 0 Å². The summed E-state index contributed by atoms with van der Waals surface area (Å²) in [6.45, 7) is 6.88. The maximum atomic E-state index is 11.0. The molecule has 0 unspecified atom stereocenters. The van der Waals surface area contributed by atoms with Crippen LogP contribution in [0.4, 0.5) is 11.6 Å². The Morgan fingerprint density at radius 3 is 2.25 bits per heavy atom. The molecule has 1 aromatic rings. The van der Waals surface area contributed by atoms with Gasteiger partial charge in [-0.25, -0.2) is 23.1 Å². The van der Waals surface area contributed by atoms with Crippen LogP contribution in [0.1, 0.15) is 26.6 Å². The van der Waals surface area contributed by atoms with Crippen molar-refractivity contribution in [3.05, 3.63) is 11.9 Å². The van der Waals surface area contributed by atoms with Gasteiger partial charge in [0.15, 0.2) is 0 Å². The Balaban J connectivity index is 2.75. The quantitative estimate of drug-likeness (QED) is 0.672. The predicted molar refractivity (Wildman–Crippen MR) is 81.6 cm³/mol. The molecule has 20 heavy (non-hydrogen) atoms. The lowest BCUT2D eigenvalue weighted by molar-refractivity contribution is 0.546.